The maximum absolute atomic E-state index is 13.5. The lowest BCUT2D eigenvalue weighted by molar-refractivity contribution is 0.182. The Morgan fingerprint density at radius 1 is 1.35 bits per heavy atom. The van der Waals surface area contributed by atoms with Gasteiger partial charge in [0.15, 0.2) is 0 Å². The molecule has 1 aromatic rings. The normalized spacial score (nSPS) is 16.2. The first-order chi connectivity index (χ1) is 9.60. The highest BCUT2D eigenvalue weighted by Gasteiger charge is 2.22. The first-order valence-corrected chi connectivity index (χ1v) is 6.75. The third-order valence-electron chi connectivity index (χ3n) is 3.57. The second-order valence-corrected chi connectivity index (χ2v) is 5.04. The molecule has 2 N–H and O–H groups in total. The Labute approximate surface area is 117 Å². The molecule has 0 unspecified atom stereocenters. The summed E-state index contributed by atoms with van der Waals surface area (Å²) in [5.41, 5.74) is 0.00810. The number of hydrogen-bond donors (Lipinski definition) is 2. The van der Waals surface area contributed by atoms with E-state index < -0.39 is 11.6 Å². The van der Waals surface area contributed by atoms with Gasteiger partial charge in [-0.25, -0.2) is 13.6 Å². The van der Waals surface area contributed by atoms with E-state index in [1.807, 2.05) is 7.05 Å². The zero-order chi connectivity index (χ0) is 14.5. The largest absolute Gasteiger partial charge is 0.325 e. The van der Waals surface area contributed by atoms with Crippen LogP contribution < -0.4 is 10.6 Å². The van der Waals surface area contributed by atoms with E-state index in [-0.39, 0.29) is 11.7 Å². The molecular formula is C14H19F2N3O. The van der Waals surface area contributed by atoms with Gasteiger partial charge in [0, 0.05) is 19.2 Å². The SMILES string of the molecule is CNCC1CCN(C(=O)Nc2ccc(F)cc2F)CC1. The van der Waals surface area contributed by atoms with Crippen LogP contribution in [-0.4, -0.2) is 37.6 Å². The number of rotatable bonds is 3. The summed E-state index contributed by atoms with van der Waals surface area (Å²) in [5.74, 6) is -0.844. The molecule has 2 amide bonds. The van der Waals surface area contributed by atoms with Crippen molar-refractivity contribution in [3.8, 4) is 0 Å². The number of halogens is 2. The molecule has 0 radical (unpaired) electrons. The Hall–Kier alpha value is -1.69. The summed E-state index contributed by atoms with van der Waals surface area (Å²) in [4.78, 5) is 13.7. The monoisotopic (exact) mass is 283 g/mol. The predicted octanol–water partition coefficient (Wildman–Crippen LogP) is 2.43. The van der Waals surface area contributed by atoms with E-state index in [1.165, 1.54) is 6.07 Å². The van der Waals surface area contributed by atoms with Gasteiger partial charge in [0.2, 0.25) is 0 Å². The molecule has 0 spiro atoms. The molecule has 1 heterocycles. The van der Waals surface area contributed by atoms with E-state index in [1.54, 1.807) is 4.90 Å². The van der Waals surface area contributed by atoms with Crippen molar-refractivity contribution in [1.82, 2.24) is 10.2 Å². The number of benzene rings is 1. The van der Waals surface area contributed by atoms with Gasteiger partial charge in [0.25, 0.3) is 0 Å². The quantitative estimate of drug-likeness (QED) is 0.895. The summed E-state index contributed by atoms with van der Waals surface area (Å²) in [6, 6.07) is 2.78. The van der Waals surface area contributed by atoms with Crippen molar-refractivity contribution in [3.05, 3.63) is 29.8 Å². The number of amides is 2. The fourth-order valence-electron chi connectivity index (χ4n) is 2.41. The number of urea groups is 1. The highest BCUT2D eigenvalue weighted by Crippen LogP contribution is 2.19. The van der Waals surface area contributed by atoms with Gasteiger partial charge in [-0.15, -0.1) is 0 Å². The van der Waals surface area contributed by atoms with E-state index in [4.69, 9.17) is 0 Å². The van der Waals surface area contributed by atoms with Crippen LogP contribution in [0.2, 0.25) is 0 Å². The molecule has 1 fully saturated rings. The van der Waals surface area contributed by atoms with Crippen LogP contribution in [0.3, 0.4) is 0 Å². The minimum Gasteiger partial charge on any atom is -0.325 e. The van der Waals surface area contributed by atoms with E-state index >= 15 is 0 Å². The Bertz CT molecular complexity index is 473. The van der Waals surface area contributed by atoms with Gasteiger partial charge in [0.05, 0.1) is 5.69 Å². The fraction of sp³-hybridized carbons (Fsp3) is 0.500. The molecule has 4 nitrogen and oxygen atoms in total. The van der Waals surface area contributed by atoms with Crippen molar-refractivity contribution >= 4 is 11.7 Å². The van der Waals surface area contributed by atoms with Crippen molar-refractivity contribution in [2.75, 3.05) is 32.0 Å². The van der Waals surface area contributed by atoms with Crippen LogP contribution in [0.15, 0.2) is 18.2 Å². The number of likely N-dealkylation sites (tertiary alicyclic amines) is 1. The Morgan fingerprint density at radius 2 is 2.05 bits per heavy atom. The summed E-state index contributed by atoms with van der Waals surface area (Å²) in [7, 11) is 1.91. The number of nitrogens with zero attached hydrogens (tertiary/aromatic N) is 1. The molecule has 0 aliphatic carbocycles. The second kappa shape index (κ2) is 6.65. The summed E-state index contributed by atoms with van der Waals surface area (Å²) in [6.45, 7) is 2.25. The van der Waals surface area contributed by atoms with Crippen LogP contribution in [0, 0.1) is 17.6 Å². The van der Waals surface area contributed by atoms with Crippen LogP contribution in [0.4, 0.5) is 19.3 Å². The number of hydrogen-bond acceptors (Lipinski definition) is 2. The zero-order valence-electron chi connectivity index (χ0n) is 11.5. The molecule has 20 heavy (non-hydrogen) atoms. The minimum absolute atomic E-state index is 0.00810. The molecule has 0 bridgehead atoms. The average Bonchev–Trinajstić information content (AvgIpc) is 2.43. The van der Waals surface area contributed by atoms with Gasteiger partial charge in [-0.2, -0.15) is 0 Å². The van der Waals surface area contributed by atoms with Crippen molar-refractivity contribution < 1.29 is 13.6 Å². The van der Waals surface area contributed by atoms with Gasteiger partial charge in [-0.1, -0.05) is 0 Å². The third-order valence-corrected chi connectivity index (χ3v) is 3.57. The summed E-state index contributed by atoms with van der Waals surface area (Å²) in [6.07, 6.45) is 1.86. The molecule has 1 aliphatic heterocycles. The highest BCUT2D eigenvalue weighted by atomic mass is 19.1. The predicted molar refractivity (Wildman–Crippen MR) is 73.6 cm³/mol. The molecule has 1 aliphatic rings. The number of anilines is 1. The van der Waals surface area contributed by atoms with Crippen molar-refractivity contribution in [3.63, 3.8) is 0 Å². The first-order valence-electron chi connectivity index (χ1n) is 6.75. The Balaban J connectivity index is 1.89. The molecule has 0 saturated carbocycles. The molecule has 1 saturated heterocycles. The maximum Gasteiger partial charge on any atom is 0.321 e. The fourth-order valence-corrected chi connectivity index (χ4v) is 2.41. The van der Waals surface area contributed by atoms with Crippen molar-refractivity contribution in [2.45, 2.75) is 12.8 Å². The molecule has 110 valence electrons. The van der Waals surface area contributed by atoms with Crippen LogP contribution in [0.1, 0.15) is 12.8 Å². The van der Waals surface area contributed by atoms with Crippen molar-refractivity contribution in [1.29, 1.82) is 0 Å². The topological polar surface area (TPSA) is 44.4 Å². The van der Waals surface area contributed by atoms with Gasteiger partial charge in [0.1, 0.15) is 11.6 Å². The average molecular weight is 283 g/mol. The minimum atomic E-state index is -0.761. The lowest BCUT2D eigenvalue weighted by atomic mass is 9.97. The van der Waals surface area contributed by atoms with E-state index in [0.29, 0.717) is 19.0 Å². The van der Waals surface area contributed by atoms with E-state index in [9.17, 15) is 13.6 Å². The summed E-state index contributed by atoms with van der Waals surface area (Å²) >= 11 is 0. The standard InChI is InChI=1S/C14H19F2N3O/c1-17-9-10-4-6-19(7-5-10)14(20)18-13-3-2-11(15)8-12(13)16/h2-3,8,10,17H,4-7,9H2,1H3,(H,18,20). The van der Waals surface area contributed by atoms with Gasteiger partial charge < -0.3 is 15.5 Å². The van der Waals surface area contributed by atoms with Gasteiger partial charge in [-0.3, -0.25) is 0 Å². The highest BCUT2D eigenvalue weighted by molar-refractivity contribution is 5.89. The van der Waals surface area contributed by atoms with Gasteiger partial charge in [-0.05, 0) is 44.5 Å². The van der Waals surface area contributed by atoms with E-state index in [2.05, 4.69) is 10.6 Å². The smallest absolute Gasteiger partial charge is 0.321 e. The summed E-state index contributed by atoms with van der Waals surface area (Å²) in [5, 5.41) is 5.61. The molecular weight excluding hydrogens is 264 g/mol. The zero-order valence-corrected chi connectivity index (χ0v) is 11.5. The second-order valence-electron chi connectivity index (χ2n) is 5.04. The van der Waals surface area contributed by atoms with Crippen LogP contribution in [-0.2, 0) is 0 Å². The number of nitrogens with one attached hydrogen (secondary N) is 2. The number of piperidine rings is 1. The lowest BCUT2D eigenvalue weighted by Gasteiger charge is -2.31. The molecule has 0 aromatic heterocycles. The van der Waals surface area contributed by atoms with Crippen LogP contribution in [0.5, 0.6) is 0 Å². The van der Waals surface area contributed by atoms with Crippen LogP contribution in [0.25, 0.3) is 0 Å². The Kier molecular flexibility index (Phi) is 4.89. The summed E-state index contributed by atoms with van der Waals surface area (Å²) < 4.78 is 26.2. The maximum atomic E-state index is 13.5. The molecule has 6 heteroatoms. The lowest BCUT2D eigenvalue weighted by Crippen LogP contribution is -2.42. The first kappa shape index (κ1) is 14.7. The van der Waals surface area contributed by atoms with Crippen LogP contribution >= 0.6 is 0 Å². The molecule has 1 aromatic carbocycles. The third kappa shape index (κ3) is 3.66. The number of carbonyl (C=O) groups is 1. The van der Waals surface area contributed by atoms with E-state index in [0.717, 1.165) is 31.5 Å². The van der Waals surface area contributed by atoms with Crippen molar-refractivity contribution in [2.24, 2.45) is 5.92 Å². The Morgan fingerprint density at radius 3 is 2.65 bits per heavy atom. The van der Waals surface area contributed by atoms with Gasteiger partial charge >= 0.3 is 6.03 Å². The molecule has 0 atom stereocenters. The molecule has 2 rings (SSSR count). The number of carbonyl (C=O) groups excluding carboxylic acids is 1.